The minimum atomic E-state index is -0.241. The van der Waals surface area contributed by atoms with E-state index in [2.05, 4.69) is 15.4 Å². The van der Waals surface area contributed by atoms with Crippen molar-refractivity contribution in [1.29, 1.82) is 0 Å². The Kier molecular flexibility index (Phi) is 4.45. The molecule has 0 saturated heterocycles. The van der Waals surface area contributed by atoms with Crippen molar-refractivity contribution in [2.75, 3.05) is 0 Å². The Bertz CT molecular complexity index is 794. The summed E-state index contributed by atoms with van der Waals surface area (Å²) in [5, 5.41) is 7.19. The van der Waals surface area contributed by atoms with Gasteiger partial charge in [-0.1, -0.05) is 20.8 Å². The van der Waals surface area contributed by atoms with Crippen LogP contribution in [0.4, 0.5) is 0 Å². The van der Waals surface area contributed by atoms with Crippen molar-refractivity contribution in [2.24, 2.45) is 7.05 Å². The van der Waals surface area contributed by atoms with Gasteiger partial charge < -0.3 is 10.3 Å². The molecule has 2 aromatic rings. The van der Waals surface area contributed by atoms with E-state index in [1.54, 1.807) is 17.8 Å². The summed E-state index contributed by atoms with van der Waals surface area (Å²) in [6, 6.07) is 3.69. The zero-order valence-corrected chi connectivity index (χ0v) is 14.6. The number of amides is 1. The molecule has 0 radical (unpaired) electrons. The molecule has 0 aliphatic rings. The fourth-order valence-electron chi connectivity index (χ4n) is 2.41. The summed E-state index contributed by atoms with van der Waals surface area (Å²) in [5.41, 5.74) is 3.30. The molecule has 1 amide bonds. The minimum absolute atomic E-state index is 0.124. The van der Waals surface area contributed by atoms with Crippen LogP contribution in [-0.2, 0) is 19.0 Å². The molecule has 0 aliphatic carbocycles. The summed E-state index contributed by atoms with van der Waals surface area (Å²) < 4.78 is 1.57. The second-order valence-electron chi connectivity index (χ2n) is 6.91. The summed E-state index contributed by atoms with van der Waals surface area (Å²) in [7, 11) is 1.74. The lowest BCUT2D eigenvalue weighted by molar-refractivity contribution is 0.0941. The molecule has 2 aromatic heterocycles. The van der Waals surface area contributed by atoms with Crippen LogP contribution in [-0.4, -0.2) is 20.7 Å². The Hall–Kier alpha value is -2.37. The van der Waals surface area contributed by atoms with Gasteiger partial charge in [-0.05, 0) is 31.5 Å². The third-order valence-corrected chi connectivity index (χ3v) is 3.80. The van der Waals surface area contributed by atoms with Crippen LogP contribution in [0.1, 0.15) is 53.8 Å². The molecule has 0 atom stereocenters. The van der Waals surface area contributed by atoms with Crippen LogP contribution < -0.4 is 10.9 Å². The van der Waals surface area contributed by atoms with Crippen LogP contribution in [0.15, 0.2) is 16.9 Å². The average molecular weight is 316 g/mol. The van der Waals surface area contributed by atoms with E-state index in [9.17, 15) is 9.59 Å². The Morgan fingerprint density at radius 1 is 1.30 bits per heavy atom. The van der Waals surface area contributed by atoms with Gasteiger partial charge in [-0.2, -0.15) is 5.10 Å². The van der Waals surface area contributed by atoms with Gasteiger partial charge in [-0.3, -0.25) is 14.3 Å². The molecule has 0 bridgehead atoms. The number of aromatic nitrogens is 3. The van der Waals surface area contributed by atoms with Gasteiger partial charge in [0.1, 0.15) is 5.69 Å². The number of H-pyrrole nitrogens is 1. The number of aromatic amines is 1. The first-order chi connectivity index (χ1) is 10.6. The Morgan fingerprint density at radius 2 is 1.96 bits per heavy atom. The van der Waals surface area contributed by atoms with Gasteiger partial charge in [0.05, 0.1) is 5.69 Å². The number of hydrogen-bond acceptors (Lipinski definition) is 3. The van der Waals surface area contributed by atoms with Gasteiger partial charge in [-0.15, -0.1) is 0 Å². The third kappa shape index (κ3) is 3.70. The molecule has 0 fully saturated rings. The molecule has 124 valence electrons. The van der Waals surface area contributed by atoms with Gasteiger partial charge in [0.2, 0.25) is 0 Å². The summed E-state index contributed by atoms with van der Waals surface area (Å²) in [6.07, 6.45) is 0. The highest BCUT2D eigenvalue weighted by Crippen LogP contribution is 2.21. The molecule has 23 heavy (non-hydrogen) atoms. The van der Waals surface area contributed by atoms with Crippen LogP contribution in [0.3, 0.4) is 0 Å². The zero-order chi connectivity index (χ0) is 17.4. The summed E-state index contributed by atoms with van der Waals surface area (Å²) >= 11 is 0. The topological polar surface area (TPSA) is 79.8 Å². The molecule has 0 spiro atoms. The lowest BCUT2D eigenvalue weighted by Crippen LogP contribution is -2.29. The number of carbonyl (C=O) groups is 1. The molecule has 6 heteroatoms. The Balaban J connectivity index is 2.18. The minimum Gasteiger partial charge on any atom is -0.346 e. The first-order valence-corrected chi connectivity index (χ1v) is 7.61. The fourth-order valence-corrected chi connectivity index (χ4v) is 2.41. The van der Waals surface area contributed by atoms with Crippen molar-refractivity contribution >= 4 is 5.91 Å². The highest BCUT2D eigenvalue weighted by atomic mass is 16.2. The van der Waals surface area contributed by atoms with Crippen LogP contribution in [0.25, 0.3) is 0 Å². The molecule has 2 rings (SSSR count). The number of nitrogens with zero attached hydrogens (tertiary/aromatic N) is 2. The van der Waals surface area contributed by atoms with E-state index in [1.807, 2.05) is 40.7 Å². The smallest absolute Gasteiger partial charge is 0.269 e. The monoisotopic (exact) mass is 316 g/mol. The first-order valence-electron chi connectivity index (χ1n) is 7.61. The summed E-state index contributed by atoms with van der Waals surface area (Å²) in [6.45, 7) is 10.0. The van der Waals surface area contributed by atoms with Crippen molar-refractivity contribution in [3.8, 4) is 0 Å². The molecule has 0 unspecified atom stereocenters. The maximum atomic E-state index is 12.4. The first kappa shape index (κ1) is 17.0. The van der Waals surface area contributed by atoms with E-state index in [0.29, 0.717) is 11.3 Å². The predicted molar refractivity (Wildman–Crippen MR) is 89.6 cm³/mol. The van der Waals surface area contributed by atoms with Crippen molar-refractivity contribution in [3.63, 3.8) is 0 Å². The van der Waals surface area contributed by atoms with E-state index < -0.39 is 0 Å². The van der Waals surface area contributed by atoms with Gasteiger partial charge >= 0.3 is 0 Å². The van der Waals surface area contributed by atoms with Crippen LogP contribution in [0.2, 0.25) is 0 Å². The molecule has 2 heterocycles. The normalized spacial score (nSPS) is 11.6. The van der Waals surface area contributed by atoms with E-state index in [-0.39, 0.29) is 23.4 Å². The third-order valence-electron chi connectivity index (χ3n) is 3.80. The Morgan fingerprint density at radius 3 is 2.48 bits per heavy atom. The number of aryl methyl sites for hydroxylation is 3. The molecule has 0 aromatic carbocycles. The summed E-state index contributed by atoms with van der Waals surface area (Å²) in [5.74, 6) is -0.241. The van der Waals surface area contributed by atoms with Crippen molar-refractivity contribution in [3.05, 3.63) is 50.7 Å². The SMILES string of the molecule is Cc1cc(C)c(CNC(=O)c2cc(C(C)(C)C)nn2C)c(=O)[nH]1. The number of carbonyl (C=O) groups excluding carboxylic acids is 1. The fraction of sp³-hybridized carbons (Fsp3) is 0.471. The van der Waals surface area contributed by atoms with Crippen molar-refractivity contribution in [1.82, 2.24) is 20.1 Å². The largest absolute Gasteiger partial charge is 0.346 e. The number of nitrogens with one attached hydrogen (secondary N) is 2. The maximum absolute atomic E-state index is 12.4. The van der Waals surface area contributed by atoms with Gasteiger partial charge in [0.25, 0.3) is 11.5 Å². The van der Waals surface area contributed by atoms with Crippen LogP contribution in [0.5, 0.6) is 0 Å². The highest BCUT2D eigenvalue weighted by Gasteiger charge is 2.21. The Labute approximate surface area is 135 Å². The maximum Gasteiger partial charge on any atom is 0.269 e. The molecule has 2 N–H and O–H groups in total. The van der Waals surface area contributed by atoms with Gasteiger partial charge in [0, 0.05) is 30.3 Å². The molecule has 6 nitrogen and oxygen atoms in total. The van der Waals surface area contributed by atoms with Gasteiger partial charge in [-0.25, -0.2) is 0 Å². The van der Waals surface area contributed by atoms with E-state index in [0.717, 1.165) is 17.0 Å². The standard InChI is InChI=1S/C17H24N4O2/c1-10-7-11(2)19-15(22)12(10)9-18-16(23)13-8-14(17(3,4)5)20-21(13)6/h7-8H,9H2,1-6H3,(H,18,23)(H,19,22). The van der Waals surface area contributed by atoms with Crippen molar-refractivity contribution in [2.45, 2.75) is 46.6 Å². The van der Waals surface area contributed by atoms with Gasteiger partial charge in [0.15, 0.2) is 0 Å². The molecule has 0 saturated carbocycles. The van der Waals surface area contributed by atoms with E-state index in [4.69, 9.17) is 0 Å². The lowest BCUT2D eigenvalue weighted by atomic mass is 9.92. The van der Waals surface area contributed by atoms with Crippen LogP contribution in [0, 0.1) is 13.8 Å². The van der Waals surface area contributed by atoms with E-state index >= 15 is 0 Å². The zero-order valence-electron chi connectivity index (χ0n) is 14.6. The second kappa shape index (κ2) is 6.02. The highest BCUT2D eigenvalue weighted by molar-refractivity contribution is 5.92. The van der Waals surface area contributed by atoms with Crippen molar-refractivity contribution < 1.29 is 4.79 Å². The molecular formula is C17H24N4O2. The van der Waals surface area contributed by atoms with Crippen LogP contribution >= 0.6 is 0 Å². The average Bonchev–Trinajstić information content (AvgIpc) is 2.79. The van der Waals surface area contributed by atoms with E-state index in [1.165, 1.54) is 0 Å². The molecular weight excluding hydrogens is 292 g/mol. The number of rotatable bonds is 3. The quantitative estimate of drug-likeness (QED) is 0.908. The summed E-state index contributed by atoms with van der Waals surface area (Å²) in [4.78, 5) is 27.1. The number of pyridine rings is 1. The predicted octanol–water partition coefficient (Wildman–Crippen LogP) is 1.95. The number of hydrogen-bond donors (Lipinski definition) is 2. The lowest BCUT2D eigenvalue weighted by Gasteiger charge is -2.13. The molecule has 0 aliphatic heterocycles. The second-order valence-corrected chi connectivity index (χ2v) is 6.91.